The number of nitrogens with two attached hydrogens (primary N) is 1. The van der Waals surface area contributed by atoms with E-state index in [9.17, 15) is 29.8 Å². The molecule has 1 amide bonds. The lowest BCUT2D eigenvalue weighted by Gasteiger charge is -2.23. The molecule has 0 saturated heterocycles. The predicted octanol–water partition coefficient (Wildman–Crippen LogP) is 1.61. The molecule has 0 aromatic heterocycles. The van der Waals surface area contributed by atoms with E-state index >= 15 is 0 Å². The van der Waals surface area contributed by atoms with E-state index in [1.807, 2.05) is 32.9 Å². The van der Waals surface area contributed by atoms with Gasteiger partial charge < -0.3 is 21.1 Å². The Kier molecular flexibility index (Phi) is 14.8. The van der Waals surface area contributed by atoms with E-state index in [1.54, 1.807) is 17.2 Å². The molecular formula is C23H38BN5O6S. The first-order valence-electron chi connectivity index (χ1n) is 12.0. The zero-order valence-corrected chi connectivity index (χ0v) is 22.0. The van der Waals surface area contributed by atoms with Crippen molar-refractivity contribution in [2.45, 2.75) is 64.6 Å². The molecule has 0 spiro atoms. The quantitative estimate of drug-likeness (QED) is 0.0506. The second-order valence-corrected chi connectivity index (χ2v) is 10.3. The summed E-state index contributed by atoms with van der Waals surface area (Å²) in [6, 6.07) is 8.21. The average Bonchev–Trinajstić information content (AvgIpc) is 2.78. The number of hydrogen-bond donors (Lipinski definition) is 5. The highest BCUT2D eigenvalue weighted by atomic mass is 32.2. The number of aliphatic imine (C=N–C) groups is 1. The fourth-order valence-corrected chi connectivity index (χ4v) is 4.44. The summed E-state index contributed by atoms with van der Waals surface area (Å²) in [6.07, 6.45) is 1.35. The molecule has 0 radical (unpaired) electrons. The van der Waals surface area contributed by atoms with Gasteiger partial charge in [-0.1, -0.05) is 49.1 Å². The molecule has 0 saturated carbocycles. The van der Waals surface area contributed by atoms with E-state index in [-0.39, 0.29) is 30.6 Å². The monoisotopic (exact) mass is 523 g/mol. The van der Waals surface area contributed by atoms with Gasteiger partial charge >= 0.3 is 7.12 Å². The third kappa shape index (κ3) is 14.1. The van der Waals surface area contributed by atoms with Gasteiger partial charge in [0.15, 0.2) is 5.03 Å². The molecule has 1 rings (SSSR count). The van der Waals surface area contributed by atoms with Crippen LogP contribution in [0.5, 0.6) is 0 Å². The number of rotatable bonds is 17. The number of thioether (sulfide) groups is 1. The topological polar surface area (TPSA) is 180 Å². The minimum absolute atomic E-state index is 0.0131. The fourth-order valence-electron chi connectivity index (χ4n) is 3.49. The highest BCUT2D eigenvalue weighted by molar-refractivity contribution is 7.98. The van der Waals surface area contributed by atoms with Crippen molar-refractivity contribution >= 4 is 36.5 Å². The van der Waals surface area contributed by atoms with Gasteiger partial charge in [0.25, 0.3) is 5.96 Å². The SMILES string of the molecule is Cc1ccc(CSCCC(=O)C[C@@H](CCCN=C(N)N[N+](=O)[O-])C(=O)N[C@@H](CC(C)C)B(O)O)cc1. The summed E-state index contributed by atoms with van der Waals surface area (Å²) in [5, 5.41) is 31.5. The molecule has 1 aromatic carbocycles. The molecule has 1 aromatic rings. The number of hydrogen-bond acceptors (Lipinski definition) is 8. The molecule has 200 valence electrons. The number of ketones is 1. The molecular weight excluding hydrogens is 485 g/mol. The summed E-state index contributed by atoms with van der Waals surface area (Å²) in [6.45, 7) is 5.96. The molecule has 6 N–H and O–H groups in total. The van der Waals surface area contributed by atoms with Crippen molar-refractivity contribution in [1.82, 2.24) is 10.7 Å². The maximum atomic E-state index is 12.9. The Bertz CT molecular complexity index is 869. The molecule has 0 aliphatic heterocycles. The first kappa shape index (κ1) is 31.4. The van der Waals surface area contributed by atoms with Gasteiger partial charge in [-0.05, 0) is 37.7 Å². The molecule has 0 heterocycles. The Morgan fingerprint density at radius 3 is 2.50 bits per heavy atom. The Labute approximate surface area is 217 Å². The van der Waals surface area contributed by atoms with E-state index in [4.69, 9.17) is 5.73 Å². The fraction of sp³-hybridized carbons (Fsp3) is 0.609. The first-order valence-corrected chi connectivity index (χ1v) is 13.2. The summed E-state index contributed by atoms with van der Waals surface area (Å²) >= 11 is 1.65. The van der Waals surface area contributed by atoms with Crippen molar-refractivity contribution < 1.29 is 24.7 Å². The van der Waals surface area contributed by atoms with Crippen molar-refractivity contribution in [2.24, 2.45) is 22.6 Å². The number of nitrogens with one attached hydrogen (secondary N) is 2. The standard InChI is InChI=1S/C23H38BN5O6S/c1-16(2)13-21(24(32)33)27-22(31)19(5-4-11-26-23(25)28-29(34)35)14-20(30)10-12-36-15-18-8-6-17(3)7-9-18/h6-9,16,19,21,32-33H,4-5,10-15H2,1-3H3,(H,27,31)(H3,25,26,28)/t19-,21+/m1/s1. The molecule has 0 unspecified atom stereocenters. The van der Waals surface area contributed by atoms with Crippen LogP contribution in [0.1, 0.15) is 57.1 Å². The van der Waals surface area contributed by atoms with E-state index in [1.165, 1.54) is 11.1 Å². The molecule has 2 atom stereocenters. The highest BCUT2D eigenvalue weighted by Crippen LogP contribution is 2.18. The van der Waals surface area contributed by atoms with Gasteiger partial charge in [0.1, 0.15) is 5.78 Å². The van der Waals surface area contributed by atoms with Crippen molar-refractivity contribution in [2.75, 3.05) is 12.3 Å². The van der Waals surface area contributed by atoms with E-state index in [2.05, 4.69) is 22.4 Å². The van der Waals surface area contributed by atoms with Gasteiger partial charge in [0.05, 0.1) is 5.94 Å². The van der Waals surface area contributed by atoms with Crippen molar-refractivity contribution in [1.29, 1.82) is 0 Å². The lowest BCUT2D eigenvalue weighted by Crippen LogP contribution is -2.49. The Morgan fingerprint density at radius 1 is 1.25 bits per heavy atom. The van der Waals surface area contributed by atoms with Gasteiger partial charge in [-0.15, -0.1) is 0 Å². The highest BCUT2D eigenvalue weighted by Gasteiger charge is 2.29. The molecule has 13 heteroatoms. The van der Waals surface area contributed by atoms with Crippen LogP contribution in [-0.4, -0.2) is 58.1 Å². The second kappa shape index (κ2) is 16.9. The summed E-state index contributed by atoms with van der Waals surface area (Å²) in [4.78, 5) is 39.8. The number of guanidine groups is 1. The minimum Gasteiger partial charge on any atom is -0.426 e. The van der Waals surface area contributed by atoms with Crippen LogP contribution >= 0.6 is 11.8 Å². The van der Waals surface area contributed by atoms with E-state index in [0.717, 1.165) is 5.75 Å². The normalized spacial score (nSPS) is 13.2. The van der Waals surface area contributed by atoms with E-state index in [0.29, 0.717) is 31.4 Å². The lowest BCUT2D eigenvalue weighted by atomic mass is 9.74. The van der Waals surface area contributed by atoms with Crippen molar-refractivity contribution in [3.8, 4) is 0 Å². The zero-order valence-electron chi connectivity index (χ0n) is 21.2. The molecule has 0 aliphatic carbocycles. The minimum atomic E-state index is -1.72. The van der Waals surface area contributed by atoms with Gasteiger partial charge in [0.2, 0.25) is 5.91 Å². The molecule has 11 nitrogen and oxygen atoms in total. The van der Waals surface area contributed by atoms with Crippen LogP contribution in [0.2, 0.25) is 0 Å². The van der Waals surface area contributed by atoms with Gasteiger partial charge in [-0.3, -0.25) is 9.59 Å². The number of nitrogens with zero attached hydrogens (tertiary/aromatic N) is 2. The number of benzene rings is 1. The van der Waals surface area contributed by atoms with Crippen LogP contribution in [0.15, 0.2) is 29.3 Å². The largest absolute Gasteiger partial charge is 0.475 e. The maximum absolute atomic E-state index is 12.9. The van der Waals surface area contributed by atoms with E-state index < -0.39 is 29.9 Å². The summed E-state index contributed by atoms with van der Waals surface area (Å²) in [5.74, 6) is -0.840. The smallest absolute Gasteiger partial charge is 0.426 e. The second-order valence-electron chi connectivity index (χ2n) is 9.16. The van der Waals surface area contributed by atoms with Gasteiger partial charge in [-0.2, -0.15) is 11.8 Å². The van der Waals surface area contributed by atoms with Crippen LogP contribution < -0.4 is 16.5 Å². The van der Waals surface area contributed by atoms with Crippen LogP contribution in [0.25, 0.3) is 0 Å². The van der Waals surface area contributed by atoms with Crippen LogP contribution in [-0.2, 0) is 15.3 Å². The molecule has 0 bridgehead atoms. The Balaban J connectivity index is 2.67. The molecule has 36 heavy (non-hydrogen) atoms. The van der Waals surface area contributed by atoms with Crippen LogP contribution in [0.4, 0.5) is 0 Å². The number of Topliss-reactive ketones (excluding diaryl/α,β-unsaturated/α-hetero) is 1. The van der Waals surface area contributed by atoms with Crippen molar-refractivity contribution in [3.63, 3.8) is 0 Å². The summed E-state index contributed by atoms with van der Waals surface area (Å²) in [5.41, 5.74) is 9.52. The van der Waals surface area contributed by atoms with Crippen LogP contribution in [0, 0.1) is 28.9 Å². The number of amides is 1. The third-order valence-electron chi connectivity index (χ3n) is 5.37. The summed E-state index contributed by atoms with van der Waals surface area (Å²) in [7, 11) is -1.72. The van der Waals surface area contributed by atoms with Crippen molar-refractivity contribution in [3.05, 3.63) is 45.5 Å². The molecule has 0 fully saturated rings. The number of aryl methyl sites for hydroxylation is 1. The van der Waals surface area contributed by atoms with Gasteiger partial charge in [0, 0.05) is 36.8 Å². The van der Waals surface area contributed by atoms with Crippen LogP contribution in [0.3, 0.4) is 0 Å². The maximum Gasteiger partial charge on any atom is 0.475 e. The average molecular weight is 523 g/mol. The first-order chi connectivity index (χ1) is 17.0. The van der Waals surface area contributed by atoms with Gasteiger partial charge in [-0.25, -0.2) is 15.1 Å². The number of carbonyl (C=O) groups is 2. The third-order valence-corrected chi connectivity index (χ3v) is 6.40. The Hall–Kier alpha value is -2.64. The lowest BCUT2D eigenvalue weighted by molar-refractivity contribution is -0.525. The molecule has 0 aliphatic rings. The Morgan fingerprint density at radius 2 is 1.92 bits per heavy atom. The predicted molar refractivity (Wildman–Crippen MR) is 143 cm³/mol. The number of carbonyl (C=O) groups excluding carboxylic acids is 2. The summed E-state index contributed by atoms with van der Waals surface area (Å²) < 4.78 is 0. The zero-order chi connectivity index (χ0) is 27.1. The number of nitro groups is 1. The number of hydrazine groups is 1.